The molecule has 1 unspecified atom stereocenters. The topological polar surface area (TPSA) is 95.2 Å². The zero-order valence-electron chi connectivity index (χ0n) is 19.0. The first-order valence-corrected chi connectivity index (χ1v) is 11.3. The molecule has 0 saturated heterocycles. The second-order valence-electron chi connectivity index (χ2n) is 7.84. The van der Waals surface area contributed by atoms with E-state index in [4.69, 9.17) is 0 Å². The third kappa shape index (κ3) is 4.49. The number of halogens is 4. The standard InChI is InChI=1S/C23H18F4N4O4S/c1-10(12-5-4-6-16-17(12)20(33)31(3)23(34)30(16)2)19(32)29-22-28-15(9-36-22)11-7-13(24)18(14(25)8-11)35-21(26)27/h4-10,21H,1-3H3,(H,28,29,32). The summed E-state index contributed by atoms with van der Waals surface area (Å²) in [6, 6.07) is 6.43. The number of ether oxygens (including phenoxy) is 1. The predicted molar refractivity (Wildman–Crippen MR) is 126 cm³/mol. The van der Waals surface area contributed by atoms with Crippen LogP contribution in [0.15, 0.2) is 45.3 Å². The number of anilines is 1. The van der Waals surface area contributed by atoms with E-state index < -0.39 is 47.1 Å². The molecule has 1 atom stereocenters. The zero-order chi connectivity index (χ0) is 26.3. The van der Waals surface area contributed by atoms with Crippen LogP contribution in [0.1, 0.15) is 18.4 Å². The number of carbonyl (C=O) groups is 1. The molecule has 2 heterocycles. The number of aryl methyl sites for hydroxylation is 1. The van der Waals surface area contributed by atoms with Crippen LogP contribution in [-0.4, -0.2) is 26.6 Å². The Bertz CT molecular complexity index is 1590. The van der Waals surface area contributed by atoms with E-state index in [-0.39, 0.29) is 21.8 Å². The minimum absolute atomic E-state index is 0.0464. The van der Waals surface area contributed by atoms with Gasteiger partial charge in [0.1, 0.15) is 0 Å². The molecule has 0 radical (unpaired) electrons. The first-order chi connectivity index (χ1) is 17.0. The van der Waals surface area contributed by atoms with Crippen molar-refractivity contribution in [2.24, 2.45) is 14.1 Å². The Kier molecular flexibility index (Phi) is 6.67. The predicted octanol–water partition coefficient (Wildman–Crippen LogP) is 3.98. The van der Waals surface area contributed by atoms with Crippen LogP contribution in [0, 0.1) is 11.6 Å². The highest BCUT2D eigenvalue weighted by molar-refractivity contribution is 7.14. The molecule has 4 rings (SSSR count). The molecule has 188 valence electrons. The van der Waals surface area contributed by atoms with Gasteiger partial charge in [-0.2, -0.15) is 8.78 Å². The normalized spacial score (nSPS) is 12.2. The molecule has 1 N–H and O–H groups in total. The Morgan fingerprint density at radius 3 is 2.42 bits per heavy atom. The van der Waals surface area contributed by atoms with Crippen LogP contribution in [-0.2, 0) is 18.9 Å². The van der Waals surface area contributed by atoms with Gasteiger partial charge in [-0.15, -0.1) is 11.3 Å². The Balaban J connectivity index is 1.61. The van der Waals surface area contributed by atoms with Gasteiger partial charge in [-0.05, 0) is 30.7 Å². The van der Waals surface area contributed by atoms with Crippen LogP contribution in [0.4, 0.5) is 22.7 Å². The Morgan fingerprint density at radius 2 is 1.78 bits per heavy atom. The lowest BCUT2D eigenvalue weighted by atomic mass is 9.96. The molecule has 0 spiro atoms. The second-order valence-corrected chi connectivity index (χ2v) is 8.70. The van der Waals surface area contributed by atoms with Gasteiger partial charge in [0.15, 0.2) is 22.5 Å². The number of fused-ring (bicyclic) bond motifs is 1. The highest BCUT2D eigenvalue weighted by atomic mass is 32.1. The van der Waals surface area contributed by atoms with Crippen molar-refractivity contribution >= 4 is 33.3 Å². The molecule has 0 aliphatic heterocycles. The summed E-state index contributed by atoms with van der Waals surface area (Å²) < 4.78 is 58.9. The van der Waals surface area contributed by atoms with Crippen molar-refractivity contribution in [3.63, 3.8) is 0 Å². The molecule has 2 aromatic carbocycles. The lowest BCUT2D eigenvalue weighted by Crippen LogP contribution is -2.37. The van der Waals surface area contributed by atoms with Crippen LogP contribution >= 0.6 is 11.3 Å². The third-order valence-corrected chi connectivity index (χ3v) is 6.38. The number of benzene rings is 2. The summed E-state index contributed by atoms with van der Waals surface area (Å²) in [5, 5.41) is 4.35. The fraction of sp³-hybridized carbons (Fsp3) is 0.217. The summed E-state index contributed by atoms with van der Waals surface area (Å²) in [6.07, 6.45) is 0. The summed E-state index contributed by atoms with van der Waals surface area (Å²) in [6.45, 7) is -1.81. The Hall–Kier alpha value is -4.00. The van der Waals surface area contributed by atoms with Gasteiger partial charge in [0.05, 0.1) is 22.5 Å². The molecule has 2 aromatic heterocycles. The van der Waals surface area contributed by atoms with E-state index >= 15 is 0 Å². The van der Waals surface area contributed by atoms with Gasteiger partial charge in [-0.25, -0.2) is 18.6 Å². The SMILES string of the molecule is CC(C(=O)Nc1nc(-c2cc(F)c(OC(F)F)c(F)c2)cs1)c1cccc2c1c(=O)n(C)c(=O)n2C. The first-order valence-electron chi connectivity index (χ1n) is 10.4. The third-order valence-electron chi connectivity index (χ3n) is 5.62. The van der Waals surface area contributed by atoms with Gasteiger partial charge in [-0.3, -0.25) is 18.7 Å². The van der Waals surface area contributed by atoms with Crippen molar-refractivity contribution in [1.29, 1.82) is 0 Å². The van der Waals surface area contributed by atoms with Crippen LogP contribution in [0.5, 0.6) is 5.75 Å². The monoisotopic (exact) mass is 522 g/mol. The van der Waals surface area contributed by atoms with Gasteiger partial charge in [-0.1, -0.05) is 12.1 Å². The quantitative estimate of drug-likeness (QED) is 0.387. The highest BCUT2D eigenvalue weighted by Gasteiger charge is 2.23. The molecular weight excluding hydrogens is 504 g/mol. The molecule has 1 amide bonds. The molecular formula is C23H18F4N4O4S. The van der Waals surface area contributed by atoms with Gasteiger partial charge in [0, 0.05) is 25.0 Å². The van der Waals surface area contributed by atoms with E-state index in [9.17, 15) is 31.9 Å². The maximum Gasteiger partial charge on any atom is 0.387 e. The average molecular weight is 522 g/mol. The summed E-state index contributed by atoms with van der Waals surface area (Å²) >= 11 is 0.975. The number of nitrogens with zero attached hydrogens (tertiary/aromatic N) is 3. The van der Waals surface area contributed by atoms with E-state index in [2.05, 4.69) is 15.0 Å². The number of aromatic nitrogens is 3. The van der Waals surface area contributed by atoms with Crippen molar-refractivity contribution in [2.45, 2.75) is 19.5 Å². The summed E-state index contributed by atoms with van der Waals surface area (Å²) in [5.41, 5.74) is -0.216. The number of thiazole rings is 1. The minimum atomic E-state index is -3.39. The number of carbonyl (C=O) groups excluding carboxylic acids is 1. The smallest absolute Gasteiger partial charge is 0.387 e. The number of hydrogen-bond acceptors (Lipinski definition) is 6. The summed E-state index contributed by atoms with van der Waals surface area (Å²) in [5.74, 6) is -5.21. The van der Waals surface area contributed by atoms with E-state index in [1.165, 1.54) is 24.0 Å². The first kappa shape index (κ1) is 25.1. The van der Waals surface area contributed by atoms with E-state index in [1.807, 2.05) is 0 Å². The van der Waals surface area contributed by atoms with Crippen molar-refractivity contribution in [3.05, 3.63) is 73.7 Å². The molecule has 0 aliphatic rings. The van der Waals surface area contributed by atoms with Crippen molar-refractivity contribution in [2.75, 3.05) is 5.32 Å². The number of alkyl halides is 2. The number of amides is 1. The molecule has 13 heteroatoms. The number of hydrogen-bond donors (Lipinski definition) is 1. The maximum atomic E-state index is 14.1. The van der Waals surface area contributed by atoms with Gasteiger partial charge < -0.3 is 10.1 Å². The summed E-state index contributed by atoms with van der Waals surface area (Å²) in [4.78, 5) is 42.2. The fourth-order valence-electron chi connectivity index (χ4n) is 3.74. The molecule has 4 aromatic rings. The van der Waals surface area contributed by atoms with E-state index in [0.717, 1.165) is 28.0 Å². The van der Waals surface area contributed by atoms with Crippen molar-refractivity contribution < 1.29 is 27.1 Å². The zero-order valence-corrected chi connectivity index (χ0v) is 19.8. The highest BCUT2D eigenvalue weighted by Crippen LogP contribution is 2.32. The van der Waals surface area contributed by atoms with E-state index in [0.29, 0.717) is 11.1 Å². The largest absolute Gasteiger partial charge is 0.429 e. The lowest BCUT2D eigenvalue weighted by Gasteiger charge is -2.15. The Morgan fingerprint density at radius 1 is 1.11 bits per heavy atom. The maximum absolute atomic E-state index is 14.1. The van der Waals surface area contributed by atoms with E-state index in [1.54, 1.807) is 25.1 Å². The van der Waals surface area contributed by atoms with Crippen LogP contribution in [0.25, 0.3) is 22.2 Å². The number of nitrogens with one attached hydrogen (secondary N) is 1. The van der Waals surface area contributed by atoms with Crippen LogP contribution in [0.3, 0.4) is 0 Å². The molecule has 0 saturated carbocycles. The molecule has 0 fully saturated rings. The van der Waals surface area contributed by atoms with Gasteiger partial charge >= 0.3 is 12.3 Å². The molecule has 36 heavy (non-hydrogen) atoms. The van der Waals surface area contributed by atoms with Crippen molar-refractivity contribution in [3.8, 4) is 17.0 Å². The fourth-order valence-corrected chi connectivity index (χ4v) is 4.46. The van der Waals surface area contributed by atoms with Gasteiger partial charge in [0.25, 0.3) is 5.56 Å². The average Bonchev–Trinajstić information content (AvgIpc) is 3.30. The summed E-state index contributed by atoms with van der Waals surface area (Å²) in [7, 11) is 2.87. The van der Waals surface area contributed by atoms with Crippen LogP contribution in [0.2, 0.25) is 0 Å². The molecule has 8 nitrogen and oxygen atoms in total. The second kappa shape index (κ2) is 9.57. The van der Waals surface area contributed by atoms with Crippen molar-refractivity contribution in [1.82, 2.24) is 14.1 Å². The lowest BCUT2D eigenvalue weighted by molar-refractivity contribution is -0.117. The number of rotatable bonds is 6. The molecule has 0 aliphatic carbocycles. The Labute approximate surface area is 204 Å². The van der Waals surface area contributed by atoms with Gasteiger partial charge in [0.2, 0.25) is 5.91 Å². The minimum Gasteiger partial charge on any atom is -0.429 e. The van der Waals surface area contributed by atoms with Crippen LogP contribution < -0.4 is 21.3 Å². The molecule has 0 bridgehead atoms.